The highest BCUT2D eigenvalue weighted by atomic mass is 32.1. The molecule has 1 amide bonds. The van der Waals surface area contributed by atoms with Gasteiger partial charge in [0.25, 0.3) is 5.91 Å². The molecule has 4 heterocycles. The van der Waals surface area contributed by atoms with Crippen molar-refractivity contribution < 1.29 is 9.21 Å². The summed E-state index contributed by atoms with van der Waals surface area (Å²) in [5, 5.41) is 4.74. The van der Waals surface area contributed by atoms with Gasteiger partial charge in [-0.25, -0.2) is 19.9 Å². The number of aryl methyl sites for hydroxylation is 2. The van der Waals surface area contributed by atoms with E-state index in [1.807, 2.05) is 44.2 Å². The van der Waals surface area contributed by atoms with Crippen LogP contribution in [0.4, 0.5) is 5.82 Å². The Labute approximate surface area is 192 Å². The number of rotatable bonds is 5. The Morgan fingerprint density at radius 2 is 1.97 bits per heavy atom. The number of carbonyl (C=O) groups is 1. The number of aromatic nitrogens is 5. The van der Waals surface area contributed by atoms with Crippen molar-refractivity contribution in [2.75, 3.05) is 5.73 Å². The number of anilines is 1. The van der Waals surface area contributed by atoms with Crippen LogP contribution < -0.4 is 11.1 Å². The number of fused-ring (bicyclic) bond motifs is 1. The summed E-state index contributed by atoms with van der Waals surface area (Å²) in [7, 11) is 0. The van der Waals surface area contributed by atoms with Crippen molar-refractivity contribution in [3.63, 3.8) is 0 Å². The molecular formula is C23H19N7O2S. The van der Waals surface area contributed by atoms with Crippen molar-refractivity contribution in [1.29, 1.82) is 0 Å². The second kappa shape index (κ2) is 8.40. The van der Waals surface area contributed by atoms with Gasteiger partial charge in [-0.1, -0.05) is 12.1 Å². The number of nitrogens with one attached hydrogen (secondary N) is 1. The fourth-order valence-corrected chi connectivity index (χ4v) is 4.39. The minimum atomic E-state index is -0.423. The molecule has 4 aromatic heterocycles. The van der Waals surface area contributed by atoms with Crippen LogP contribution in [-0.4, -0.2) is 30.8 Å². The summed E-state index contributed by atoms with van der Waals surface area (Å²) >= 11 is 1.54. The molecule has 1 aromatic carbocycles. The van der Waals surface area contributed by atoms with Gasteiger partial charge in [-0.2, -0.15) is 0 Å². The molecule has 0 fully saturated rings. The van der Waals surface area contributed by atoms with E-state index >= 15 is 0 Å². The molecule has 33 heavy (non-hydrogen) atoms. The Morgan fingerprint density at radius 1 is 1.09 bits per heavy atom. The molecule has 3 N–H and O–H groups in total. The summed E-state index contributed by atoms with van der Waals surface area (Å²) in [6.07, 6.45) is 4.70. The first kappa shape index (κ1) is 20.7. The lowest BCUT2D eigenvalue weighted by atomic mass is 10.1. The van der Waals surface area contributed by atoms with Gasteiger partial charge in [-0.05, 0) is 32.0 Å². The molecule has 10 heteroatoms. The first-order valence-corrected chi connectivity index (χ1v) is 10.9. The van der Waals surface area contributed by atoms with Crippen LogP contribution in [0.25, 0.3) is 33.7 Å². The molecule has 5 aromatic rings. The number of amides is 1. The third-order valence-electron chi connectivity index (χ3n) is 5.06. The Balaban J connectivity index is 1.56. The van der Waals surface area contributed by atoms with E-state index in [0.29, 0.717) is 17.9 Å². The maximum atomic E-state index is 13.0. The van der Waals surface area contributed by atoms with Gasteiger partial charge in [-0.3, -0.25) is 9.78 Å². The summed E-state index contributed by atoms with van der Waals surface area (Å²) in [6.45, 7) is 4.17. The molecule has 0 saturated carbocycles. The van der Waals surface area contributed by atoms with E-state index in [-0.39, 0.29) is 17.4 Å². The Morgan fingerprint density at radius 3 is 2.73 bits per heavy atom. The first-order valence-electron chi connectivity index (χ1n) is 10.1. The van der Waals surface area contributed by atoms with Crippen LogP contribution >= 0.6 is 11.3 Å². The first-order chi connectivity index (χ1) is 16.0. The fourth-order valence-electron chi connectivity index (χ4n) is 3.51. The Bertz CT molecular complexity index is 1480. The summed E-state index contributed by atoms with van der Waals surface area (Å²) in [4.78, 5) is 36.0. The van der Waals surface area contributed by atoms with Crippen LogP contribution in [0, 0.1) is 13.8 Å². The van der Waals surface area contributed by atoms with Crippen molar-refractivity contribution in [2.45, 2.75) is 20.4 Å². The quantitative estimate of drug-likeness (QED) is 0.406. The second-order valence-corrected chi connectivity index (χ2v) is 8.61. The predicted octanol–water partition coefficient (Wildman–Crippen LogP) is 3.93. The van der Waals surface area contributed by atoms with Gasteiger partial charge in [0.2, 0.25) is 5.89 Å². The SMILES string of the molecule is Cc1nc(C)c(CNC(=O)c2nc(-c3ccc4ncccc4c3)c(-c3ncco3)nc2N)s1. The van der Waals surface area contributed by atoms with Crippen LogP contribution in [0.1, 0.15) is 26.1 Å². The summed E-state index contributed by atoms with van der Waals surface area (Å²) in [6, 6.07) is 9.50. The van der Waals surface area contributed by atoms with Crippen LogP contribution in [0.2, 0.25) is 0 Å². The molecule has 5 rings (SSSR count). The number of pyridine rings is 1. The average Bonchev–Trinajstić information content (AvgIpc) is 3.46. The van der Waals surface area contributed by atoms with E-state index in [1.165, 1.54) is 23.8 Å². The molecule has 0 spiro atoms. The molecule has 0 unspecified atom stereocenters. The van der Waals surface area contributed by atoms with Crippen LogP contribution in [0.15, 0.2) is 53.4 Å². The van der Waals surface area contributed by atoms with Crippen molar-refractivity contribution in [3.05, 3.63) is 70.3 Å². The van der Waals surface area contributed by atoms with E-state index in [9.17, 15) is 4.79 Å². The maximum Gasteiger partial charge on any atom is 0.274 e. The zero-order valence-corrected chi connectivity index (χ0v) is 18.7. The number of hydrogen-bond acceptors (Lipinski definition) is 9. The van der Waals surface area contributed by atoms with Gasteiger partial charge in [0.1, 0.15) is 12.0 Å². The third kappa shape index (κ3) is 4.03. The molecule has 0 aliphatic rings. The molecule has 9 nitrogen and oxygen atoms in total. The van der Waals surface area contributed by atoms with Gasteiger partial charge in [0.15, 0.2) is 17.2 Å². The number of nitrogens with zero attached hydrogens (tertiary/aromatic N) is 5. The Kier molecular flexibility index (Phi) is 5.27. The molecule has 0 saturated heterocycles. The average molecular weight is 458 g/mol. The maximum absolute atomic E-state index is 13.0. The van der Waals surface area contributed by atoms with E-state index in [4.69, 9.17) is 10.2 Å². The van der Waals surface area contributed by atoms with E-state index in [0.717, 1.165) is 32.0 Å². The largest absolute Gasteiger partial charge is 0.443 e. The minimum absolute atomic E-state index is 0.0101. The van der Waals surface area contributed by atoms with Crippen molar-refractivity contribution >= 4 is 34.0 Å². The van der Waals surface area contributed by atoms with E-state index < -0.39 is 5.91 Å². The highest BCUT2D eigenvalue weighted by molar-refractivity contribution is 7.11. The van der Waals surface area contributed by atoms with E-state index in [1.54, 1.807) is 6.20 Å². The number of oxazole rings is 1. The van der Waals surface area contributed by atoms with Crippen molar-refractivity contribution in [2.24, 2.45) is 0 Å². The second-order valence-electron chi connectivity index (χ2n) is 7.33. The number of benzene rings is 1. The highest BCUT2D eigenvalue weighted by Gasteiger charge is 2.22. The standard InChI is InChI=1S/C23H19N7O2S/c1-12-17(33-13(2)28-12)11-27-22(31)20-21(24)30-19(23-26-8-9-32-23)18(29-20)15-5-6-16-14(10-15)4-3-7-25-16/h3-10H,11H2,1-2H3,(H2,24,30)(H,27,31). The number of carbonyl (C=O) groups excluding carboxylic acids is 1. The fraction of sp³-hybridized carbons (Fsp3) is 0.130. The lowest BCUT2D eigenvalue weighted by Gasteiger charge is -2.12. The zero-order valence-electron chi connectivity index (χ0n) is 17.9. The lowest BCUT2D eigenvalue weighted by molar-refractivity contribution is 0.0947. The summed E-state index contributed by atoms with van der Waals surface area (Å²) in [5.41, 5.74) is 9.44. The van der Waals surface area contributed by atoms with Gasteiger partial charge in [0.05, 0.1) is 29.0 Å². The zero-order chi connectivity index (χ0) is 22.9. The lowest BCUT2D eigenvalue weighted by Crippen LogP contribution is -2.25. The Hall–Kier alpha value is -4.18. The monoisotopic (exact) mass is 457 g/mol. The molecule has 0 bridgehead atoms. The van der Waals surface area contributed by atoms with Crippen molar-refractivity contribution in [1.82, 2.24) is 30.2 Å². The predicted molar refractivity (Wildman–Crippen MR) is 125 cm³/mol. The van der Waals surface area contributed by atoms with E-state index in [2.05, 4.69) is 30.2 Å². The van der Waals surface area contributed by atoms with Gasteiger partial charge in [0, 0.05) is 22.0 Å². The molecule has 0 atom stereocenters. The highest BCUT2D eigenvalue weighted by Crippen LogP contribution is 2.31. The van der Waals surface area contributed by atoms with Gasteiger partial charge >= 0.3 is 0 Å². The molecule has 0 radical (unpaired) electrons. The van der Waals surface area contributed by atoms with Gasteiger partial charge in [-0.15, -0.1) is 11.3 Å². The number of hydrogen-bond donors (Lipinski definition) is 2. The normalized spacial score (nSPS) is 11.1. The third-order valence-corrected chi connectivity index (χ3v) is 6.13. The number of thiazole rings is 1. The topological polar surface area (TPSA) is 133 Å². The molecular weight excluding hydrogens is 438 g/mol. The molecule has 0 aliphatic carbocycles. The smallest absolute Gasteiger partial charge is 0.274 e. The van der Waals surface area contributed by atoms with Crippen LogP contribution in [0.5, 0.6) is 0 Å². The summed E-state index contributed by atoms with van der Waals surface area (Å²) < 4.78 is 5.46. The molecule has 0 aliphatic heterocycles. The van der Waals surface area contributed by atoms with Crippen LogP contribution in [-0.2, 0) is 6.54 Å². The van der Waals surface area contributed by atoms with Crippen LogP contribution in [0.3, 0.4) is 0 Å². The number of nitrogens with two attached hydrogens (primary N) is 1. The van der Waals surface area contributed by atoms with Crippen molar-refractivity contribution in [3.8, 4) is 22.8 Å². The summed E-state index contributed by atoms with van der Waals surface area (Å²) in [5.74, 6) is -0.171. The number of nitrogen functional groups attached to an aromatic ring is 1. The molecule has 164 valence electrons. The van der Waals surface area contributed by atoms with Gasteiger partial charge < -0.3 is 15.5 Å². The minimum Gasteiger partial charge on any atom is -0.443 e.